The topological polar surface area (TPSA) is 97.2 Å². The highest BCUT2D eigenvalue weighted by molar-refractivity contribution is 9.10. The Bertz CT molecular complexity index is 1400. The number of ether oxygens (including phenoxy) is 1. The lowest BCUT2D eigenvalue weighted by molar-refractivity contribution is -0.275. The molecule has 4 aromatic rings. The zero-order valence-corrected chi connectivity index (χ0v) is 17.8. The van der Waals surface area contributed by atoms with E-state index in [-0.39, 0.29) is 22.4 Å². The molecule has 12 heteroatoms. The van der Waals surface area contributed by atoms with Crippen molar-refractivity contribution in [1.29, 1.82) is 0 Å². The Morgan fingerprint density at radius 1 is 1.18 bits per heavy atom. The first-order valence-electron chi connectivity index (χ1n) is 9.20. The van der Waals surface area contributed by atoms with E-state index in [1.165, 1.54) is 30.5 Å². The van der Waals surface area contributed by atoms with E-state index in [1.807, 2.05) is 0 Å². The Kier molecular flexibility index (Phi) is 5.93. The molecule has 0 radical (unpaired) electrons. The number of carbonyl (C=O) groups is 1. The lowest BCUT2D eigenvalue weighted by atomic mass is 10.0. The maximum atomic E-state index is 14.4. The normalized spacial score (nSPS) is 12.5. The van der Waals surface area contributed by atoms with Crippen molar-refractivity contribution in [2.45, 2.75) is 12.4 Å². The van der Waals surface area contributed by atoms with E-state index >= 15 is 0 Å². The number of rotatable bonds is 5. The quantitative estimate of drug-likeness (QED) is 0.363. The molecule has 0 spiro atoms. The first-order chi connectivity index (χ1) is 15.6. The van der Waals surface area contributed by atoms with E-state index in [1.54, 1.807) is 12.1 Å². The molecule has 0 saturated heterocycles. The fraction of sp³-hybridized carbons (Fsp3) is 0.0952. The summed E-state index contributed by atoms with van der Waals surface area (Å²) in [6.45, 7) is 0. The number of benzene rings is 2. The molecular weight excluding hydrogens is 514 g/mol. The van der Waals surface area contributed by atoms with Gasteiger partial charge in [-0.25, -0.2) is 9.18 Å². The zero-order valence-electron chi connectivity index (χ0n) is 16.2. The molecule has 1 atom stereocenters. The minimum absolute atomic E-state index is 0.118. The van der Waals surface area contributed by atoms with Crippen LogP contribution in [0.3, 0.4) is 0 Å². The molecule has 2 N–H and O–H groups in total. The van der Waals surface area contributed by atoms with E-state index < -0.39 is 35.6 Å². The van der Waals surface area contributed by atoms with E-state index in [0.717, 1.165) is 12.1 Å². The molecule has 33 heavy (non-hydrogen) atoms. The monoisotopic (exact) mass is 525 g/mol. The van der Waals surface area contributed by atoms with Crippen LogP contribution in [0.1, 0.15) is 27.7 Å². The van der Waals surface area contributed by atoms with Gasteiger partial charge in [-0.3, -0.25) is 14.8 Å². The number of fused-ring (bicyclic) bond motifs is 1. The summed E-state index contributed by atoms with van der Waals surface area (Å²) in [5.74, 6) is -3.58. The molecule has 2 aromatic heterocycles. The highest BCUT2D eigenvalue weighted by atomic mass is 79.9. The summed E-state index contributed by atoms with van der Waals surface area (Å²) >= 11 is 3.32. The largest absolute Gasteiger partial charge is 0.573 e. The fourth-order valence-corrected chi connectivity index (χ4v) is 3.62. The summed E-state index contributed by atoms with van der Waals surface area (Å²) in [5, 5.41) is 2.69. The summed E-state index contributed by atoms with van der Waals surface area (Å²) in [6, 6.07) is 9.28. The van der Waals surface area contributed by atoms with Gasteiger partial charge in [0.25, 0.3) is 5.91 Å². The van der Waals surface area contributed by atoms with Gasteiger partial charge < -0.3 is 14.5 Å². The number of halogens is 5. The van der Waals surface area contributed by atoms with Crippen LogP contribution in [-0.2, 0) is 0 Å². The summed E-state index contributed by atoms with van der Waals surface area (Å²) in [6.07, 6.45) is -3.62. The lowest BCUT2D eigenvalue weighted by Crippen LogP contribution is -2.30. The number of hydrogen-bond donors (Lipinski definition) is 2. The fourth-order valence-electron chi connectivity index (χ4n) is 3.13. The number of pyridine rings is 1. The second-order valence-electron chi connectivity index (χ2n) is 6.74. The van der Waals surface area contributed by atoms with Gasteiger partial charge in [-0.1, -0.05) is 6.07 Å². The van der Waals surface area contributed by atoms with Crippen molar-refractivity contribution in [2.75, 3.05) is 0 Å². The number of amides is 1. The van der Waals surface area contributed by atoms with E-state index in [2.05, 4.69) is 36.0 Å². The van der Waals surface area contributed by atoms with Crippen molar-refractivity contribution in [3.63, 3.8) is 0 Å². The van der Waals surface area contributed by atoms with Crippen LogP contribution in [0, 0.1) is 5.82 Å². The van der Waals surface area contributed by atoms with Crippen molar-refractivity contribution in [3.05, 3.63) is 92.4 Å². The Labute approximate surface area is 190 Å². The minimum atomic E-state index is -5.06. The second kappa shape index (κ2) is 8.70. The smallest absolute Gasteiger partial charge is 0.408 e. The summed E-state index contributed by atoms with van der Waals surface area (Å²) < 4.78 is 60.9. The highest BCUT2D eigenvalue weighted by Crippen LogP contribution is 2.32. The van der Waals surface area contributed by atoms with Gasteiger partial charge in [0.15, 0.2) is 17.1 Å². The molecule has 1 unspecified atom stereocenters. The molecule has 7 nitrogen and oxygen atoms in total. The number of H-pyrrole nitrogens is 1. The zero-order chi connectivity index (χ0) is 23.8. The number of aromatic nitrogens is 2. The third-order valence-corrected chi connectivity index (χ3v) is 5.20. The van der Waals surface area contributed by atoms with Crippen LogP contribution < -0.4 is 15.8 Å². The number of carbonyl (C=O) groups excluding carboxylic acids is 1. The van der Waals surface area contributed by atoms with E-state index in [4.69, 9.17) is 4.42 Å². The molecule has 0 aliphatic carbocycles. The van der Waals surface area contributed by atoms with Gasteiger partial charge in [-0.2, -0.15) is 0 Å². The Hall–Kier alpha value is -3.67. The van der Waals surface area contributed by atoms with Crippen molar-refractivity contribution >= 4 is 32.9 Å². The standard InChI is InChI=1S/C21H12BrF4N3O4/c22-12-2-1-7-27-18(12)17(10-3-5-15(13(23)8-10)33-21(24,25)26)29-19(30)11-4-6-16-14(9-11)28-20(31)32-16/h1-9,17H,(H,28,31)(H,29,30). The van der Waals surface area contributed by atoms with E-state index in [0.29, 0.717) is 9.99 Å². The molecule has 1 amide bonds. The number of aromatic amines is 1. The SMILES string of the molecule is O=C(NC(c1ccc(OC(F)(F)F)c(F)c1)c1ncccc1Br)c1ccc2oc(=O)[nH]c2c1. The maximum absolute atomic E-state index is 14.4. The molecule has 0 aliphatic rings. The number of alkyl halides is 3. The first kappa shape index (κ1) is 22.5. The summed E-state index contributed by atoms with van der Waals surface area (Å²) in [5.41, 5.74) is 1.10. The molecule has 0 bridgehead atoms. The predicted octanol–water partition coefficient (Wildman–Crippen LogP) is 4.84. The van der Waals surface area contributed by atoms with Crippen molar-refractivity contribution in [1.82, 2.24) is 15.3 Å². The highest BCUT2D eigenvalue weighted by Gasteiger charge is 2.33. The molecule has 2 heterocycles. The van der Waals surface area contributed by atoms with Crippen LogP contribution in [-0.4, -0.2) is 22.2 Å². The average Bonchev–Trinajstić information content (AvgIpc) is 3.12. The number of nitrogens with one attached hydrogen (secondary N) is 2. The van der Waals surface area contributed by atoms with Gasteiger partial charge >= 0.3 is 12.1 Å². The molecule has 170 valence electrons. The van der Waals surface area contributed by atoms with Crippen molar-refractivity contribution < 1.29 is 31.5 Å². The van der Waals surface area contributed by atoms with Crippen LogP contribution >= 0.6 is 15.9 Å². The molecule has 0 fully saturated rings. The molecule has 2 aromatic carbocycles. The summed E-state index contributed by atoms with van der Waals surface area (Å²) in [7, 11) is 0. The van der Waals surface area contributed by atoms with Crippen LogP contribution in [0.4, 0.5) is 17.6 Å². The number of oxazole rings is 1. The van der Waals surface area contributed by atoms with Gasteiger partial charge in [0.2, 0.25) is 0 Å². The summed E-state index contributed by atoms with van der Waals surface area (Å²) in [4.78, 5) is 31.0. The van der Waals surface area contributed by atoms with Gasteiger partial charge in [0.1, 0.15) is 0 Å². The average molecular weight is 526 g/mol. The van der Waals surface area contributed by atoms with Crippen molar-refractivity contribution in [2.24, 2.45) is 0 Å². The predicted molar refractivity (Wildman–Crippen MR) is 111 cm³/mol. The maximum Gasteiger partial charge on any atom is 0.573 e. The first-order valence-corrected chi connectivity index (χ1v) is 9.99. The third-order valence-electron chi connectivity index (χ3n) is 4.53. The number of hydrogen-bond acceptors (Lipinski definition) is 5. The molecular formula is C21H12BrF4N3O4. The van der Waals surface area contributed by atoms with Crippen molar-refractivity contribution in [3.8, 4) is 5.75 Å². The van der Waals surface area contributed by atoms with Crippen LogP contribution in [0.15, 0.2) is 68.4 Å². The van der Waals surface area contributed by atoms with Crippen LogP contribution in [0.25, 0.3) is 11.1 Å². The number of nitrogens with zero attached hydrogens (tertiary/aromatic N) is 1. The molecule has 0 aliphatic heterocycles. The minimum Gasteiger partial charge on any atom is -0.408 e. The van der Waals surface area contributed by atoms with Crippen LogP contribution in [0.2, 0.25) is 0 Å². The van der Waals surface area contributed by atoms with Gasteiger partial charge in [-0.15, -0.1) is 13.2 Å². The van der Waals surface area contributed by atoms with Gasteiger partial charge in [-0.05, 0) is 64.0 Å². The van der Waals surface area contributed by atoms with Gasteiger partial charge in [0.05, 0.1) is 17.3 Å². The molecule has 4 rings (SSSR count). The lowest BCUT2D eigenvalue weighted by Gasteiger charge is -2.21. The second-order valence-corrected chi connectivity index (χ2v) is 7.59. The van der Waals surface area contributed by atoms with E-state index in [9.17, 15) is 27.2 Å². The Morgan fingerprint density at radius 2 is 1.97 bits per heavy atom. The Balaban J connectivity index is 1.71. The molecule has 0 saturated carbocycles. The third kappa shape index (κ3) is 5.06. The van der Waals surface area contributed by atoms with Gasteiger partial charge in [0, 0.05) is 16.2 Å². The Morgan fingerprint density at radius 3 is 2.67 bits per heavy atom. The van der Waals surface area contributed by atoms with Crippen LogP contribution in [0.5, 0.6) is 5.75 Å².